The third-order valence-corrected chi connectivity index (χ3v) is 6.49. The molecule has 4 aromatic carbocycles. The molecule has 0 saturated heterocycles. The highest BCUT2D eigenvalue weighted by molar-refractivity contribution is 5.79. The van der Waals surface area contributed by atoms with E-state index in [4.69, 9.17) is 0 Å². The van der Waals surface area contributed by atoms with E-state index in [9.17, 15) is 0 Å². The fraction of sp³-hybridized carbons (Fsp3) is 0.152. The lowest BCUT2D eigenvalue weighted by Crippen LogP contribution is -2.19. The van der Waals surface area contributed by atoms with Crippen molar-refractivity contribution in [2.24, 2.45) is 5.41 Å². The molecule has 1 aliphatic carbocycles. The van der Waals surface area contributed by atoms with E-state index in [-0.39, 0.29) is 5.41 Å². The first-order valence-electron chi connectivity index (χ1n) is 12.3. The van der Waals surface area contributed by atoms with Gasteiger partial charge in [0.1, 0.15) is 0 Å². The lowest BCUT2D eigenvalue weighted by Gasteiger charge is -2.31. The molecule has 174 valence electrons. The molecule has 0 saturated carbocycles. The van der Waals surface area contributed by atoms with Gasteiger partial charge in [0.15, 0.2) is 0 Å². The molecule has 0 atom stereocenters. The first-order valence-corrected chi connectivity index (χ1v) is 12.3. The van der Waals surface area contributed by atoms with Crippen LogP contribution in [0.4, 0.5) is 28.4 Å². The summed E-state index contributed by atoms with van der Waals surface area (Å²) in [5, 5.41) is 0. The van der Waals surface area contributed by atoms with Crippen molar-refractivity contribution in [1.29, 1.82) is 0 Å². The van der Waals surface area contributed by atoms with Gasteiger partial charge in [0.05, 0.1) is 0 Å². The Morgan fingerprint density at radius 3 is 1.46 bits per heavy atom. The van der Waals surface area contributed by atoms with Gasteiger partial charge in [-0.1, -0.05) is 80.1 Å². The molecule has 0 amide bonds. The first kappa shape index (κ1) is 22.7. The molecule has 0 spiro atoms. The largest absolute Gasteiger partial charge is 0.311 e. The number of rotatable bonds is 6. The first-order chi connectivity index (χ1) is 17.0. The van der Waals surface area contributed by atoms with E-state index in [1.165, 1.54) is 11.3 Å². The van der Waals surface area contributed by atoms with Crippen LogP contribution in [0.15, 0.2) is 133 Å². The third-order valence-electron chi connectivity index (χ3n) is 6.49. The predicted octanol–water partition coefficient (Wildman–Crippen LogP) is 9.47. The van der Waals surface area contributed by atoms with Crippen LogP contribution in [0.2, 0.25) is 0 Å². The van der Waals surface area contributed by atoms with Gasteiger partial charge in [-0.25, -0.2) is 0 Å². The van der Waals surface area contributed by atoms with E-state index in [0.717, 1.165) is 34.9 Å². The Kier molecular flexibility index (Phi) is 6.29. The van der Waals surface area contributed by atoms with Crippen molar-refractivity contribution in [3.63, 3.8) is 0 Å². The molecule has 2 nitrogen and oxygen atoms in total. The molecular formula is C33H32N2. The van der Waals surface area contributed by atoms with E-state index in [2.05, 4.69) is 158 Å². The topological polar surface area (TPSA) is 6.48 Å². The number of benzene rings is 4. The Balaban J connectivity index is 1.54. The third kappa shape index (κ3) is 5.07. The minimum Gasteiger partial charge on any atom is -0.311 e. The molecule has 0 aliphatic heterocycles. The second kappa shape index (κ2) is 9.68. The van der Waals surface area contributed by atoms with E-state index < -0.39 is 0 Å². The highest BCUT2D eigenvalue weighted by Crippen LogP contribution is 2.39. The normalized spacial score (nSPS) is 14.3. The number of para-hydroxylation sites is 2. The maximum absolute atomic E-state index is 2.35. The molecule has 0 fully saturated rings. The lowest BCUT2D eigenvalue weighted by atomic mass is 9.85. The molecule has 0 unspecified atom stereocenters. The SMILES string of the molecule is Cc1ccc(N(c2ccccc2)c2ccc(N(C3=CCC(C)(C)C=C3)c3ccccc3)cc2)cc1. The van der Waals surface area contributed by atoms with Crippen LogP contribution in [0.3, 0.4) is 0 Å². The summed E-state index contributed by atoms with van der Waals surface area (Å²) in [5.41, 5.74) is 8.39. The molecule has 5 rings (SSSR count). The average Bonchev–Trinajstić information content (AvgIpc) is 2.89. The lowest BCUT2D eigenvalue weighted by molar-refractivity contribution is 0.481. The van der Waals surface area contributed by atoms with Crippen molar-refractivity contribution in [2.45, 2.75) is 27.2 Å². The number of allylic oxidation sites excluding steroid dienone is 3. The summed E-state index contributed by atoms with van der Waals surface area (Å²) in [5.74, 6) is 0. The monoisotopic (exact) mass is 456 g/mol. The summed E-state index contributed by atoms with van der Waals surface area (Å²) in [6.07, 6.45) is 7.95. The van der Waals surface area contributed by atoms with Crippen molar-refractivity contribution >= 4 is 28.4 Å². The summed E-state index contributed by atoms with van der Waals surface area (Å²) < 4.78 is 0. The second-order valence-electron chi connectivity index (χ2n) is 9.85. The van der Waals surface area contributed by atoms with Gasteiger partial charge in [-0.05, 0) is 85.5 Å². The standard InChI is InChI=1S/C33H32N2/c1-26-14-16-29(17-15-26)34(27-10-6-4-7-11-27)30-18-20-31(21-19-30)35(28-12-8-5-9-13-28)32-22-24-33(2,3)25-23-32/h4-24H,25H2,1-3H3. The Hall–Kier alpha value is -4.04. The fourth-order valence-electron chi connectivity index (χ4n) is 4.47. The van der Waals surface area contributed by atoms with Crippen molar-refractivity contribution < 1.29 is 0 Å². The number of nitrogens with zero attached hydrogens (tertiary/aromatic N) is 2. The maximum atomic E-state index is 2.35. The van der Waals surface area contributed by atoms with E-state index in [1.807, 2.05) is 0 Å². The Morgan fingerprint density at radius 2 is 0.971 bits per heavy atom. The average molecular weight is 457 g/mol. The van der Waals surface area contributed by atoms with Crippen LogP contribution in [0.5, 0.6) is 0 Å². The summed E-state index contributed by atoms with van der Waals surface area (Å²) in [6.45, 7) is 6.68. The minimum absolute atomic E-state index is 0.194. The van der Waals surface area contributed by atoms with Gasteiger partial charge in [0.2, 0.25) is 0 Å². The fourth-order valence-corrected chi connectivity index (χ4v) is 4.47. The molecule has 0 aromatic heterocycles. The van der Waals surface area contributed by atoms with Crippen molar-refractivity contribution in [3.8, 4) is 0 Å². The highest BCUT2D eigenvalue weighted by atomic mass is 15.2. The second-order valence-corrected chi connectivity index (χ2v) is 9.85. The highest BCUT2D eigenvalue weighted by Gasteiger charge is 2.21. The van der Waals surface area contributed by atoms with Gasteiger partial charge in [0.25, 0.3) is 0 Å². The van der Waals surface area contributed by atoms with Gasteiger partial charge in [-0.15, -0.1) is 0 Å². The van der Waals surface area contributed by atoms with E-state index in [0.29, 0.717) is 0 Å². The predicted molar refractivity (Wildman–Crippen MR) is 150 cm³/mol. The van der Waals surface area contributed by atoms with Gasteiger partial charge in [-0.3, -0.25) is 0 Å². The number of hydrogen-bond acceptors (Lipinski definition) is 2. The molecule has 4 aromatic rings. The smallest absolute Gasteiger partial charge is 0.0463 e. The van der Waals surface area contributed by atoms with Crippen LogP contribution in [0, 0.1) is 12.3 Å². The zero-order valence-corrected chi connectivity index (χ0v) is 20.7. The summed E-state index contributed by atoms with van der Waals surface area (Å²) in [4.78, 5) is 4.65. The van der Waals surface area contributed by atoms with Crippen molar-refractivity contribution in [1.82, 2.24) is 0 Å². The summed E-state index contributed by atoms with van der Waals surface area (Å²) in [6, 6.07) is 38.7. The van der Waals surface area contributed by atoms with Gasteiger partial charge < -0.3 is 9.80 Å². The molecular weight excluding hydrogens is 424 g/mol. The maximum Gasteiger partial charge on any atom is 0.0463 e. The zero-order valence-electron chi connectivity index (χ0n) is 20.7. The molecule has 2 heteroatoms. The Morgan fingerprint density at radius 1 is 0.543 bits per heavy atom. The van der Waals surface area contributed by atoms with Crippen molar-refractivity contribution in [3.05, 3.63) is 139 Å². The zero-order chi connectivity index (χ0) is 24.3. The summed E-state index contributed by atoms with van der Waals surface area (Å²) >= 11 is 0. The van der Waals surface area contributed by atoms with Crippen LogP contribution in [-0.4, -0.2) is 0 Å². The minimum atomic E-state index is 0.194. The van der Waals surface area contributed by atoms with Gasteiger partial charge in [0, 0.05) is 34.1 Å². The van der Waals surface area contributed by atoms with E-state index in [1.54, 1.807) is 0 Å². The molecule has 0 bridgehead atoms. The van der Waals surface area contributed by atoms with Gasteiger partial charge >= 0.3 is 0 Å². The van der Waals surface area contributed by atoms with Crippen LogP contribution in [0.25, 0.3) is 0 Å². The molecule has 1 aliphatic rings. The number of anilines is 5. The quantitative estimate of drug-likeness (QED) is 0.285. The van der Waals surface area contributed by atoms with Crippen LogP contribution in [0.1, 0.15) is 25.8 Å². The van der Waals surface area contributed by atoms with Gasteiger partial charge in [-0.2, -0.15) is 0 Å². The van der Waals surface area contributed by atoms with Crippen LogP contribution >= 0.6 is 0 Å². The van der Waals surface area contributed by atoms with Crippen LogP contribution in [-0.2, 0) is 0 Å². The molecule has 0 N–H and O–H groups in total. The molecule has 0 heterocycles. The van der Waals surface area contributed by atoms with Crippen molar-refractivity contribution in [2.75, 3.05) is 9.80 Å². The molecule has 35 heavy (non-hydrogen) atoms. The van der Waals surface area contributed by atoms with Crippen LogP contribution < -0.4 is 9.80 Å². The Labute approximate surface area is 209 Å². The summed E-state index contributed by atoms with van der Waals surface area (Å²) in [7, 11) is 0. The number of hydrogen-bond donors (Lipinski definition) is 0. The van der Waals surface area contributed by atoms with E-state index >= 15 is 0 Å². The number of aryl methyl sites for hydroxylation is 1. The Bertz CT molecular complexity index is 1320. The molecule has 0 radical (unpaired) electrons.